The molecule has 3 nitrogen and oxygen atoms in total. The number of rotatable bonds is 2. The van der Waals surface area contributed by atoms with Gasteiger partial charge in [0, 0.05) is 23.6 Å². The molecule has 1 aromatic heterocycles. The standard InChI is InChI=1S/C10H12N2O/c11-6-10(13)8-2-1-3-9-7(8)4-5-12-9/h1-5,10,12-13H,6,11H2/t10-/m1/s1. The molecule has 3 heteroatoms. The first kappa shape index (κ1) is 8.29. The minimum absolute atomic E-state index is 0.254. The summed E-state index contributed by atoms with van der Waals surface area (Å²) < 4.78 is 0. The van der Waals surface area contributed by atoms with Gasteiger partial charge < -0.3 is 15.8 Å². The molecule has 2 aromatic rings. The maximum absolute atomic E-state index is 9.61. The van der Waals surface area contributed by atoms with Gasteiger partial charge in [0.05, 0.1) is 6.10 Å². The number of aromatic nitrogens is 1. The van der Waals surface area contributed by atoms with E-state index in [1.54, 1.807) is 0 Å². The highest BCUT2D eigenvalue weighted by molar-refractivity contribution is 5.83. The lowest BCUT2D eigenvalue weighted by Gasteiger charge is -2.08. The van der Waals surface area contributed by atoms with E-state index < -0.39 is 6.10 Å². The van der Waals surface area contributed by atoms with Gasteiger partial charge in [0.15, 0.2) is 0 Å². The largest absolute Gasteiger partial charge is 0.387 e. The van der Waals surface area contributed by atoms with Crippen LogP contribution in [0.3, 0.4) is 0 Å². The Balaban J connectivity index is 2.60. The lowest BCUT2D eigenvalue weighted by atomic mass is 10.1. The number of H-pyrrole nitrogens is 1. The Morgan fingerprint density at radius 3 is 3.00 bits per heavy atom. The molecule has 0 aliphatic rings. The maximum atomic E-state index is 9.61. The van der Waals surface area contributed by atoms with Gasteiger partial charge in [0.1, 0.15) is 0 Å². The average Bonchev–Trinajstić information content (AvgIpc) is 2.63. The van der Waals surface area contributed by atoms with Crippen LogP contribution in [-0.2, 0) is 0 Å². The van der Waals surface area contributed by atoms with E-state index in [1.807, 2.05) is 30.5 Å². The zero-order chi connectivity index (χ0) is 9.26. The Bertz CT molecular complexity index is 408. The molecule has 2 rings (SSSR count). The SMILES string of the molecule is NC[C@@H](O)c1cccc2[nH]ccc12. The predicted octanol–water partition coefficient (Wildman–Crippen LogP) is 1.16. The normalized spacial score (nSPS) is 13.4. The van der Waals surface area contributed by atoms with E-state index in [-0.39, 0.29) is 6.54 Å². The van der Waals surface area contributed by atoms with Crippen LogP contribution in [0.5, 0.6) is 0 Å². The molecule has 0 amide bonds. The summed E-state index contributed by atoms with van der Waals surface area (Å²) in [6.45, 7) is 0.254. The molecule has 0 saturated carbocycles. The van der Waals surface area contributed by atoms with E-state index >= 15 is 0 Å². The van der Waals surface area contributed by atoms with Crippen molar-refractivity contribution in [2.45, 2.75) is 6.10 Å². The highest BCUT2D eigenvalue weighted by Crippen LogP contribution is 2.22. The molecular formula is C10H12N2O. The fourth-order valence-electron chi connectivity index (χ4n) is 1.53. The smallest absolute Gasteiger partial charge is 0.0918 e. The van der Waals surface area contributed by atoms with Gasteiger partial charge in [-0.15, -0.1) is 0 Å². The summed E-state index contributed by atoms with van der Waals surface area (Å²) in [6, 6.07) is 7.73. The second-order valence-corrected chi connectivity index (χ2v) is 3.04. The highest BCUT2D eigenvalue weighted by atomic mass is 16.3. The molecule has 1 atom stereocenters. The van der Waals surface area contributed by atoms with Gasteiger partial charge in [0.2, 0.25) is 0 Å². The molecular weight excluding hydrogens is 164 g/mol. The van der Waals surface area contributed by atoms with E-state index in [9.17, 15) is 5.11 Å². The number of nitrogens with one attached hydrogen (secondary N) is 1. The number of aliphatic hydroxyl groups is 1. The van der Waals surface area contributed by atoms with Crippen molar-refractivity contribution in [1.82, 2.24) is 4.98 Å². The van der Waals surface area contributed by atoms with Crippen LogP contribution in [0.15, 0.2) is 30.5 Å². The Morgan fingerprint density at radius 2 is 2.23 bits per heavy atom. The molecule has 0 aliphatic carbocycles. The summed E-state index contributed by atoms with van der Waals surface area (Å²) in [6.07, 6.45) is 1.29. The molecule has 68 valence electrons. The molecule has 0 fully saturated rings. The second kappa shape index (κ2) is 3.20. The van der Waals surface area contributed by atoms with E-state index in [2.05, 4.69) is 4.98 Å². The third-order valence-corrected chi connectivity index (χ3v) is 2.21. The summed E-state index contributed by atoms with van der Waals surface area (Å²) >= 11 is 0. The number of benzene rings is 1. The van der Waals surface area contributed by atoms with Crippen LogP contribution in [0.4, 0.5) is 0 Å². The van der Waals surface area contributed by atoms with Gasteiger partial charge in [-0.3, -0.25) is 0 Å². The summed E-state index contributed by atoms with van der Waals surface area (Å²) in [7, 11) is 0. The molecule has 1 heterocycles. The van der Waals surface area contributed by atoms with Crippen LogP contribution < -0.4 is 5.73 Å². The molecule has 1 aromatic carbocycles. The van der Waals surface area contributed by atoms with Crippen molar-refractivity contribution in [3.63, 3.8) is 0 Å². The number of hydrogen-bond acceptors (Lipinski definition) is 2. The number of aliphatic hydroxyl groups excluding tert-OH is 1. The fraction of sp³-hybridized carbons (Fsp3) is 0.200. The number of fused-ring (bicyclic) bond motifs is 1. The topological polar surface area (TPSA) is 62.0 Å². The van der Waals surface area contributed by atoms with Gasteiger partial charge in [-0.2, -0.15) is 0 Å². The van der Waals surface area contributed by atoms with Crippen molar-refractivity contribution in [3.05, 3.63) is 36.0 Å². The van der Waals surface area contributed by atoms with Crippen LogP contribution in [0.2, 0.25) is 0 Å². The quantitative estimate of drug-likeness (QED) is 0.643. The Labute approximate surface area is 76.2 Å². The monoisotopic (exact) mass is 176 g/mol. The minimum atomic E-state index is -0.570. The number of nitrogens with two attached hydrogens (primary N) is 1. The first-order chi connectivity index (χ1) is 6.33. The van der Waals surface area contributed by atoms with Gasteiger partial charge in [-0.1, -0.05) is 12.1 Å². The van der Waals surface area contributed by atoms with Crippen LogP contribution >= 0.6 is 0 Å². The zero-order valence-corrected chi connectivity index (χ0v) is 7.20. The third-order valence-electron chi connectivity index (χ3n) is 2.21. The van der Waals surface area contributed by atoms with Crippen molar-refractivity contribution in [1.29, 1.82) is 0 Å². The van der Waals surface area contributed by atoms with E-state index in [0.717, 1.165) is 16.5 Å². The summed E-state index contributed by atoms with van der Waals surface area (Å²) in [5, 5.41) is 10.6. The molecule has 0 bridgehead atoms. The first-order valence-corrected chi connectivity index (χ1v) is 4.27. The highest BCUT2D eigenvalue weighted by Gasteiger charge is 2.08. The van der Waals surface area contributed by atoms with Crippen molar-refractivity contribution >= 4 is 10.9 Å². The fourth-order valence-corrected chi connectivity index (χ4v) is 1.53. The van der Waals surface area contributed by atoms with Gasteiger partial charge in [-0.05, 0) is 17.7 Å². The Hall–Kier alpha value is -1.32. The summed E-state index contributed by atoms with van der Waals surface area (Å²) in [5.74, 6) is 0. The minimum Gasteiger partial charge on any atom is -0.387 e. The van der Waals surface area contributed by atoms with Gasteiger partial charge in [0.25, 0.3) is 0 Å². The maximum Gasteiger partial charge on any atom is 0.0918 e. The molecule has 0 unspecified atom stereocenters. The van der Waals surface area contributed by atoms with Crippen LogP contribution in [0, 0.1) is 0 Å². The van der Waals surface area contributed by atoms with Crippen LogP contribution in [0.1, 0.15) is 11.7 Å². The van der Waals surface area contributed by atoms with Crippen molar-refractivity contribution in [3.8, 4) is 0 Å². The molecule has 0 saturated heterocycles. The van der Waals surface area contributed by atoms with E-state index in [4.69, 9.17) is 5.73 Å². The van der Waals surface area contributed by atoms with Crippen molar-refractivity contribution in [2.75, 3.05) is 6.54 Å². The molecule has 0 spiro atoms. The summed E-state index contributed by atoms with van der Waals surface area (Å²) in [5.41, 5.74) is 7.33. The average molecular weight is 176 g/mol. The summed E-state index contributed by atoms with van der Waals surface area (Å²) in [4.78, 5) is 3.09. The van der Waals surface area contributed by atoms with Gasteiger partial charge in [-0.25, -0.2) is 0 Å². The third kappa shape index (κ3) is 1.32. The van der Waals surface area contributed by atoms with Crippen molar-refractivity contribution < 1.29 is 5.11 Å². The Kier molecular flexibility index (Phi) is 2.04. The molecule has 13 heavy (non-hydrogen) atoms. The predicted molar refractivity (Wildman–Crippen MR) is 52.3 cm³/mol. The lowest BCUT2D eigenvalue weighted by Crippen LogP contribution is -2.11. The van der Waals surface area contributed by atoms with E-state index in [1.165, 1.54) is 0 Å². The first-order valence-electron chi connectivity index (χ1n) is 4.27. The molecule has 4 N–H and O–H groups in total. The lowest BCUT2D eigenvalue weighted by molar-refractivity contribution is 0.188. The molecule has 0 radical (unpaired) electrons. The van der Waals surface area contributed by atoms with Crippen molar-refractivity contribution in [2.24, 2.45) is 5.73 Å². The molecule has 0 aliphatic heterocycles. The number of hydrogen-bond donors (Lipinski definition) is 3. The number of aromatic amines is 1. The van der Waals surface area contributed by atoms with Gasteiger partial charge >= 0.3 is 0 Å². The van der Waals surface area contributed by atoms with Crippen LogP contribution in [-0.4, -0.2) is 16.6 Å². The van der Waals surface area contributed by atoms with Crippen LogP contribution in [0.25, 0.3) is 10.9 Å². The second-order valence-electron chi connectivity index (χ2n) is 3.04. The van der Waals surface area contributed by atoms with E-state index in [0.29, 0.717) is 0 Å². The Morgan fingerprint density at radius 1 is 1.38 bits per heavy atom. The zero-order valence-electron chi connectivity index (χ0n) is 7.20.